The number of unbranched alkanes of at least 4 members (excludes halogenated alkanes) is 1. The van der Waals surface area contributed by atoms with E-state index in [1.165, 1.54) is 0 Å². The van der Waals surface area contributed by atoms with Crippen LogP contribution in [-0.4, -0.2) is 28.9 Å². The Morgan fingerprint density at radius 3 is 2.88 bits per heavy atom. The normalized spacial score (nSPS) is 12.5. The summed E-state index contributed by atoms with van der Waals surface area (Å²) in [5, 5.41) is 0. The molecule has 0 aromatic carbocycles. The summed E-state index contributed by atoms with van der Waals surface area (Å²) in [4.78, 5) is 19.0. The number of rotatable bonds is 6. The van der Waals surface area contributed by atoms with Gasteiger partial charge in [0.2, 0.25) is 5.91 Å². The molecule has 0 aliphatic heterocycles. The highest BCUT2D eigenvalue weighted by molar-refractivity contribution is 7.09. The summed E-state index contributed by atoms with van der Waals surface area (Å²) in [5.74, 6) is 0.0197. The van der Waals surface area contributed by atoms with E-state index in [1.807, 2.05) is 6.92 Å². The number of carbonyl (C=O) groups is 1. The second kappa shape index (κ2) is 6.71. The predicted molar refractivity (Wildman–Crippen MR) is 70.8 cm³/mol. The first-order valence-corrected chi connectivity index (χ1v) is 6.83. The van der Waals surface area contributed by atoms with Gasteiger partial charge in [-0.1, -0.05) is 19.8 Å². The average Bonchev–Trinajstić information content (AvgIpc) is 2.70. The van der Waals surface area contributed by atoms with Crippen LogP contribution in [0.15, 0.2) is 5.51 Å². The Bertz CT molecular complexity index is 364. The number of hydrogen-bond donors (Lipinski definition) is 1. The Morgan fingerprint density at radius 1 is 1.65 bits per heavy atom. The minimum absolute atomic E-state index is 0.0197. The van der Waals surface area contributed by atoms with Crippen molar-refractivity contribution in [3.63, 3.8) is 0 Å². The van der Waals surface area contributed by atoms with Crippen LogP contribution < -0.4 is 5.73 Å². The highest BCUT2D eigenvalue weighted by Gasteiger charge is 2.18. The highest BCUT2D eigenvalue weighted by Crippen LogP contribution is 2.15. The molecule has 1 heterocycles. The van der Waals surface area contributed by atoms with Crippen LogP contribution in [0.2, 0.25) is 0 Å². The van der Waals surface area contributed by atoms with Crippen molar-refractivity contribution in [1.29, 1.82) is 0 Å². The maximum Gasteiger partial charge on any atom is 0.239 e. The Labute approximate surface area is 107 Å². The van der Waals surface area contributed by atoms with E-state index in [9.17, 15) is 4.79 Å². The molecule has 2 N–H and O–H groups in total. The van der Waals surface area contributed by atoms with E-state index in [-0.39, 0.29) is 11.9 Å². The van der Waals surface area contributed by atoms with Crippen LogP contribution >= 0.6 is 11.3 Å². The fourth-order valence-corrected chi connectivity index (χ4v) is 2.43. The van der Waals surface area contributed by atoms with Crippen molar-refractivity contribution in [3.05, 3.63) is 16.1 Å². The largest absolute Gasteiger partial charge is 0.339 e. The summed E-state index contributed by atoms with van der Waals surface area (Å²) in [5.41, 5.74) is 8.67. The molecule has 0 radical (unpaired) electrons. The first kappa shape index (κ1) is 14.1. The van der Waals surface area contributed by atoms with Gasteiger partial charge in [0.05, 0.1) is 23.8 Å². The summed E-state index contributed by atoms with van der Waals surface area (Å²) in [6, 6.07) is -0.367. The van der Waals surface area contributed by atoms with Crippen LogP contribution in [0.1, 0.15) is 36.8 Å². The third-order valence-corrected chi connectivity index (χ3v) is 3.71. The van der Waals surface area contributed by atoms with Crippen molar-refractivity contribution in [3.8, 4) is 0 Å². The van der Waals surface area contributed by atoms with Gasteiger partial charge in [0.15, 0.2) is 0 Å². The standard InChI is InChI=1S/C12H21N3OS/c1-4-5-6-10(13)12(16)15(3)7-11-9(2)14-8-17-11/h8,10H,4-7,13H2,1-3H3/t10-/m0/s1. The topological polar surface area (TPSA) is 59.2 Å². The van der Waals surface area contributed by atoms with Gasteiger partial charge in [-0.2, -0.15) is 0 Å². The van der Waals surface area contributed by atoms with Crippen molar-refractivity contribution >= 4 is 17.2 Å². The van der Waals surface area contributed by atoms with E-state index in [0.717, 1.165) is 29.8 Å². The van der Waals surface area contributed by atoms with Crippen LogP contribution in [0.5, 0.6) is 0 Å². The van der Waals surface area contributed by atoms with E-state index in [2.05, 4.69) is 11.9 Å². The number of nitrogens with two attached hydrogens (primary N) is 1. The highest BCUT2D eigenvalue weighted by atomic mass is 32.1. The Kier molecular flexibility index (Phi) is 5.58. The number of aryl methyl sites for hydroxylation is 1. The Hall–Kier alpha value is -0.940. The zero-order valence-corrected chi connectivity index (χ0v) is 11.6. The Balaban J connectivity index is 2.49. The number of carbonyl (C=O) groups excluding carboxylic acids is 1. The number of amides is 1. The lowest BCUT2D eigenvalue weighted by Gasteiger charge is -2.20. The molecule has 5 heteroatoms. The number of aromatic nitrogens is 1. The fourth-order valence-electron chi connectivity index (χ4n) is 1.60. The summed E-state index contributed by atoms with van der Waals surface area (Å²) < 4.78 is 0. The summed E-state index contributed by atoms with van der Waals surface area (Å²) >= 11 is 1.58. The summed E-state index contributed by atoms with van der Waals surface area (Å²) in [7, 11) is 1.80. The van der Waals surface area contributed by atoms with Gasteiger partial charge < -0.3 is 10.6 Å². The predicted octanol–water partition coefficient (Wildman–Crippen LogP) is 1.93. The number of likely N-dealkylation sites (N-methyl/N-ethyl adjacent to an activating group) is 1. The van der Waals surface area contributed by atoms with Gasteiger partial charge >= 0.3 is 0 Å². The molecule has 0 bridgehead atoms. The van der Waals surface area contributed by atoms with Gasteiger partial charge in [0.1, 0.15) is 0 Å². The van der Waals surface area contributed by atoms with Crippen LogP contribution in [0.3, 0.4) is 0 Å². The lowest BCUT2D eigenvalue weighted by molar-refractivity contribution is -0.131. The zero-order valence-electron chi connectivity index (χ0n) is 10.8. The smallest absolute Gasteiger partial charge is 0.239 e. The van der Waals surface area contributed by atoms with Crippen LogP contribution in [0.4, 0.5) is 0 Å². The quantitative estimate of drug-likeness (QED) is 0.845. The van der Waals surface area contributed by atoms with Crippen LogP contribution in [0, 0.1) is 6.92 Å². The van der Waals surface area contributed by atoms with Crippen molar-refractivity contribution in [2.45, 2.75) is 45.7 Å². The minimum atomic E-state index is -0.367. The molecule has 1 atom stereocenters. The van der Waals surface area contributed by atoms with Gasteiger partial charge in [0.25, 0.3) is 0 Å². The van der Waals surface area contributed by atoms with Crippen molar-refractivity contribution in [2.24, 2.45) is 5.73 Å². The molecule has 4 nitrogen and oxygen atoms in total. The fraction of sp³-hybridized carbons (Fsp3) is 0.667. The van der Waals surface area contributed by atoms with Crippen LogP contribution in [-0.2, 0) is 11.3 Å². The molecule has 1 aromatic rings. The monoisotopic (exact) mass is 255 g/mol. The molecule has 1 amide bonds. The molecule has 0 aliphatic rings. The van der Waals surface area contributed by atoms with E-state index in [0.29, 0.717) is 6.54 Å². The van der Waals surface area contributed by atoms with Gasteiger partial charge in [-0.15, -0.1) is 11.3 Å². The molecule has 0 saturated heterocycles. The third kappa shape index (κ3) is 4.09. The molecule has 1 aromatic heterocycles. The second-order valence-electron chi connectivity index (χ2n) is 4.30. The number of hydrogen-bond acceptors (Lipinski definition) is 4. The van der Waals surface area contributed by atoms with Gasteiger partial charge in [-0.3, -0.25) is 4.79 Å². The SMILES string of the molecule is CCCC[C@H](N)C(=O)N(C)Cc1scnc1C. The molecule has 1 rings (SSSR count). The lowest BCUT2D eigenvalue weighted by atomic mass is 10.1. The number of nitrogens with zero attached hydrogens (tertiary/aromatic N) is 2. The minimum Gasteiger partial charge on any atom is -0.339 e. The molecule has 0 unspecified atom stereocenters. The zero-order chi connectivity index (χ0) is 12.8. The molecular formula is C12H21N3OS. The van der Waals surface area contributed by atoms with Crippen molar-refractivity contribution in [1.82, 2.24) is 9.88 Å². The van der Waals surface area contributed by atoms with E-state index >= 15 is 0 Å². The molecular weight excluding hydrogens is 234 g/mol. The van der Waals surface area contributed by atoms with E-state index in [4.69, 9.17) is 5.73 Å². The molecule has 17 heavy (non-hydrogen) atoms. The molecule has 0 spiro atoms. The number of thiazole rings is 1. The maximum atomic E-state index is 12.0. The first-order chi connectivity index (χ1) is 8.06. The Morgan fingerprint density at radius 2 is 2.35 bits per heavy atom. The summed E-state index contributed by atoms with van der Waals surface area (Å²) in [6.07, 6.45) is 2.83. The van der Waals surface area contributed by atoms with E-state index in [1.54, 1.807) is 28.8 Å². The van der Waals surface area contributed by atoms with Gasteiger partial charge in [0, 0.05) is 11.9 Å². The van der Waals surface area contributed by atoms with Crippen molar-refractivity contribution in [2.75, 3.05) is 7.05 Å². The van der Waals surface area contributed by atoms with Crippen LogP contribution in [0.25, 0.3) is 0 Å². The lowest BCUT2D eigenvalue weighted by Crippen LogP contribution is -2.41. The van der Waals surface area contributed by atoms with Gasteiger partial charge in [-0.05, 0) is 13.3 Å². The maximum absolute atomic E-state index is 12.0. The second-order valence-corrected chi connectivity index (χ2v) is 5.24. The van der Waals surface area contributed by atoms with Crippen molar-refractivity contribution < 1.29 is 4.79 Å². The first-order valence-electron chi connectivity index (χ1n) is 5.95. The molecule has 0 aliphatic carbocycles. The molecule has 0 saturated carbocycles. The van der Waals surface area contributed by atoms with Gasteiger partial charge in [-0.25, -0.2) is 4.98 Å². The molecule has 0 fully saturated rings. The van der Waals surface area contributed by atoms with E-state index < -0.39 is 0 Å². The summed E-state index contributed by atoms with van der Waals surface area (Å²) in [6.45, 7) is 4.66. The molecule has 96 valence electrons. The third-order valence-electron chi connectivity index (χ3n) is 2.79. The average molecular weight is 255 g/mol.